The summed E-state index contributed by atoms with van der Waals surface area (Å²) in [6.07, 6.45) is 3.97. The molecule has 3 aliphatic rings. The van der Waals surface area contributed by atoms with Crippen molar-refractivity contribution in [1.82, 2.24) is 9.58 Å². The van der Waals surface area contributed by atoms with Gasteiger partial charge >= 0.3 is 0 Å². The summed E-state index contributed by atoms with van der Waals surface area (Å²) in [5.41, 5.74) is 2.43. The molecule has 4 aromatic rings. The van der Waals surface area contributed by atoms with E-state index in [0.717, 1.165) is 21.8 Å². The van der Waals surface area contributed by atoms with E-state index in [0.29, 0.717) is 22.9 Å². The van der Waals surface area contributed by atoms with Crippen LogP contribution < -0.4 is 15.2 Å². The molecular weight excluding hydrogens is 589 g/mol. The van der Waals surface area contributed by atoms with E-state index in [-0.39, 0.29) is 36.4 Å². The van der Waals surface area contributed by atoms with Crippen LogP contribution in [0.1, 0.15) is 51.6 Å². The fourth-order valence-corrected chi connectivity index (χ4v) is 7.92. The van der Waals surface area contributed by atoms with Gasteiger partial charge in [0.05, 0.1) is 6.04 Å². The molecule has 1 amide bonds. The van der Waals surface area contributed by atoms with Gasteiger partial charge in [0.25, 0.3) is 5.91 Å². The zero-order valence-electron chi connectivity index (χ0n) is 23.2. The van der Waals surface area contributed by atoms with Crippen LogP contribution in [0.2, 0.25) is 0 Å². The van der Waals surface area contributed by atoms with E-state index in [4.69, 9.17) is 4.74 Å². The Kier molecular flexibility index (Phi) is 7.65. The van der Waals surface area contributed by atoms with Crippen molar-refractivity contribution in [3.63, 3.8) is 0 Å². The molecular formula is C33H29F2N3O3S2. The molecule has 2 aliphatic heterocycles. The van der Waals surface area contributed by atoms with Crippen LogP contribution in [-0.2, 0) is 12.4 Å². The Bertz CT molecular complexity index is 1750. The van der Waals surface area contributed by atoms with Gasteiger partial charge in [0.1, 0.15) is 13.3 Å². The van der Waals surface area contributed by atoms with Gasteiger partial charge < -0.3 is 9.64 Å². The molecule has 220 valence electrons. The molecule has 1 atom stereocenters. The zero-order chi connectivity index (χ0) is 29.5. The Hall–Kier alpha value is -3.76. The van der Waals surface area contributed by atoms with Gasteiger partial charge in [0.2, 0.25) is 5.43 Å². The van der Waals surface area contributed by atoms with Crippen LogP contribution in [0.5, 0.6) is 5.75 Å². The summed E-state index contributed by atoms with van der Waals surface area (Å²) in [5, 5.41) is 2.60. The van der Waals surface area contributed by atoms with Crippen molar-refractivity contribution >= 4 is 29.4 Å². The molecule has 0 N–H and O–H groups in total. The zero-order valence-corrected chi connectivity index (χ0v) is 24.9. The molecule has 1 aliphatic carbocycles. The summed E-state index contributed by atoms with van der Waals surface area (Å²) < 4.78 is 37.6. The fraction of sp³-hybridized carbons (Fsp3) is 0.273. The third-order valence-corrected chi connectivity index (χ3v) is 10.5. The van der Waals surface area contributed by atoms with Crippen molar-refractivity contribution < 1.29 is 18.3 Å². The minimum atomic E-state index is -0.891. The normalized spacial score (nSPS) is 17.6. The molecule has 0 bridgehead atoms. The summed E-state index contributed by atoms with van der Waals surface area (Å²) in [4.78, 5) is 30.1. The molecule has 3 heterocycles. The number of aromatic nitrogens is 1. The first kappa shape index (κ1) is 28.0. The van der Waals surface area contributed by atoms with E-state index in [1.807, 2.05) is 71.4 Å². The number of nitrogens with zero attached hydrogens (tertiary/aromatic N) is 3. The van der Waals surface area contributed by atoms with Gasteiger partial charge in [-0.1, -0.05) is 54.6 Å². The molecule has 0 spiro atoms. The Morgan fingerprint density at radius 2 is 1.72 bits per heavy atom. The number of carbonyl (C=O) groups excluding carboxylic acids is 1. The van der Waals surface area contributed by atoms with E-state index in [1.54, 1.807) is 21.8 Å². The number of carbonyl (C=O) groups is 1. The van der Waals surface area contributed by atoms with E-state index in [1.165, 1.54) is 36.7 Å². The van der Waals surface area contributed by atoms with Gasteiger partial charge in [0, 0.05) is 46.0 Å². The summed E-state index contributed by atoms with van der Waals surface area (Å²) in [5.74, 6) is -1.05. The lowest BCUT2D eigenvalue weighted by atomic mass is 9.94. The lowest BCUT2D eigenvalue weighted by molar-refractivity contribution is 0.0688. The Morgan fingerprint density at radius 1 is 0.930 bits per heavy atom. The number of hydrogen-bond donors (Lipinski definition) is 0. The van der Waals surface area contributed by atoms with Crippen LogP contribution in [0.3, 0.4) is 0 Å². The second-order valence-electron chi connectivity index (χ2n) is 10.9. The number of halogens is 2. The first-order valence-electron chi connectivity index (χ1n) is 14.3. The molecule has 0 radical (unpaired) electrons. The predicted octanol–water partition coefficient (Wildman–Crippen LogP) is 6.35. The standard InChI is InChI=1S/C33H29F2N3O3S2/c34-26-13-12-23-25(29(26)35)19-43-28-9-5-4-8-24(28)30(23)38-20-36(16-17-42-22-10-11-22)33(40)31-32(27(39)14-15-37(31)38)41-18-21-6-2-1-3-7-21/h1-9,12-15,22,30H,10-11,16-20H2/t30-/m0/s1. The fourth-order valence-electron chi connectivity index (χ4n) is 5.67. The van der Waals surface area contributed by atoms with Gasteiger partial charge in [-0.2, -0.15) is 11.8 Å². The van der Waals surface area contributed by atoms with Gasteiger partial charge in [-0.25, -0.2) is 8.78 Å². The van der Waals surface area contributed by atoms with Gasteiger partial charge in [0.15, 0.2) is 23.1 Å². The molecule has 3 aromatic carbocycles. The maximum absolute atomic E-state index is 15.3. The summed E-state index contributed by atoms with van der Waals surface area (Å²) in [6.45, 7) is 0.791. The SMILES string of the molecule is O=C1c2c(OCc3ccccc3)c(=O)ccn2N([C@@H]2c3ccccc3SCc3c2ccc(F)c3F)CN1CCSC1CC1. The van der Waals surface area contributed by atoms with Crippen LogP contribution in [0.4, 0.5) is 8.78 Å². The van der Waals surface area contributed by atoms with Crippen molar-refractivity contribution in [1.29, 1.82) is 0 Å². The molecule has 1 saturated carbocycles. The molecule has 7 rings (SSSR count). The third kappa shape index (κ3) is 5.42. The number of rotatable bonds is 8. The van der Waals surface area contributed by atoms with Crippen molar-refractivity contribution in [3.8, 4) is 5.75 Å². The highest BCUT2D eigenvalue weighted by atomic mass is 32.2. The number of ether oxygens (including phenoxy) is 1. The minimum absolute atomic E-state index is 0.0253. The molecule has 1 fully saturated rings. The quantitative estimate of drug-likeness (QED) is 0.230. The van der Waals surface area contributed by atoms with E-state index >= 15 is 4.39 Å². The number of pyridine rings is 1. The second-order valence-corrected chi connectivity index (χ2v) is 13.3. The molecule has 0 unspecified atom stereocenters. The predicted molar refractivity (Wildman–Crippen MR) is 165 cm³/mol. The molecule has 43 heavy (non-hydrogen) atoms. The molecule has 6 nitrogen and oxygen atoms in total. The highest BCUT2D eigenvalue weighted by Gasteiger charge is 2.39. The van der Waals surface area contributed by atoms with Crippen LogP contribution in [-0.4, -0.2) is 39.7 Å². The third-order valence-electron chi connectivity index (χ3n) is 7.99. The van der Waals surface area contributed by atoms with E-state index in [9.17, 15) is 14.0 Å². The van der Waals surface area contributed by atoms with E-state index < -0.39 is 23.1 Å². The van der Waals surface area contributed by atoms with Gasteiger partial charge in [-0.3, -0.25) is 19.3 Å². The maximum Gasteiger partial charge on any atom is 0.277 e. The van der Waals surface area contributed by atoms with Crippen LogP contribution in [0.25, 0.3) is 0 Å². The lowest BCUT2D eigenvalue weighted by Gasteiger charge is -2.44. The number of amides is 1. The number of thioether (sulfide) groups is 2. The molecule has 1 aromatic heterocycles. The Morgan fingerprint density at radius 3 is 2.53 bits per heavy atom. The first-order chi connectivity index (χ1) is 21.0. The van der Waals surface area contributed by atoms with E-state index in [2.05, 4.69) is 0 Å². The first-order valence-corrected chi connectivity index (χ1v) is 16.3. The second kappa shape index (κ2) is 11.7. The molecule has 10 heteroatoms. The van der Waals surface area contributed by atoms with Crippen LogP contribution in [0, 0.1) is 11.6 Å². The van der Waals surface area contributed by atoms with Gasteiger partial charge in [-0.15, -0.1) is 11.8 Å². The highest BCUT2D eigenvalue weighted by molar-refractivity contribution is 8.00. The van der Waals surface area contributed by atoms with Crippen molar-refractivity contribution in [2.24, 2.45) is 0 Å². The lowest BCUT2D eigenvalue weighted by Crippen LogP contribution is -2.56. The minimum Gasteiger partial charge on any atom is -0.482 e. The molecule has 0 saturated heterocycles. The van der Waals surface area contributed by atoms with Crippen LogP contribution >= 0.6 is 23.5 Å². The number of benzene rings is 3. The summed E-state index contributed by atoms with van der Waals surface area (Å²) in [6, 6.07) is 20.9. The number of hydrogen-bond acceptors (Lipinski definition) is 6. The Labute approximate surface area is 256 Å². The van der Waals surface area contributed by atoms with Crippen molar-refractivity contribution in [2.75, 3.05) is 24.0 Å². The summed E-state index contributed by atoms with van der Waals surface area (Å²) >= 11 is 3.31. The average Bonchev–Trinajstić information content (AvgIpc) is 3.87. The van der Waals surface area contributed by atoms with Crippen molar-refractivity contribution in [3.05, 3.63) is 129 Å². The summed E-state index contributed by atoms with van der Waals surface area (Å²) in [7, 11) is 0. The smallest absolute Gasteiger partial charge is 0.277 e. The Balaban J connectivity index is 1.37. The van der Waals surface area contributed by atoms with Crippen molar-refractivity contribution in [2.45, 2.75) is 41.4 Å². The van der Waals surface area contributed by atoms with Crippen LogP contribution in [0.15, 0.2) is 88.7 Å². The largest absolute Gasteiger partial charge is 0.482 e. The highest BCUT2D eigenvalue weighted by Crippen LogP contribution is 2.44. The van der Waals surface area contributed by atoms with Gasteiger partial charge in [-0.05, 0) is 41.7 Å². The topological polar surface area (TPSA) is 54.8 Å². The monoisotopic (exact) mass is 617 g/mol. The average molecular weight is 618 g/mol. The number of fused-ring (bicyclic) bond motifs is 3. The maximum atomic E-state index is 15.3.